The summed E-state index contributed by atoms with van der Waals surface area (Å²) < 4.78 is 0. The predicted molar refractivity (Wildman–Crippen MR) is 79.4 cm³/mol. The molecular formula is C14H21N5. The van der Waals surface area contributed by atoms with E-state index >= 15 is 0 Å². The number of benzene rings is 1. The quantitative estimate of drug-likeness (QED) is 0.806. The maximum Gasteiger partial charge on any atom is 0.0672 e. The van der Waals surface area contributed by atoms with Gasteiger partial charge in [0.15, 0.2) is 0 Å². The Labute approximate surface area is 113 Å². The lowest BCUT2D eigenvalue weighted by Gasteiger charge is -2.40. The summed E-state index contributed by atoms with van der Waals surface area (Å²) in [5, 5.41) is 8.15. The number of H-pyrrole nitrogens is 1. The molecule has 102 valence electrons. The summed E-state index contributed by atoms with van der Waals surface area (Å²) in [4.78, 5) is 4.88. The normalized spacial score (nSPS) is 21.2. The minimum atomic E-state index is 0.565. The summed E-state index contributed by atoms with van der Waals surface area (Å²) in [5.74, 6) is 0. The van der Waals surface area contributed by atoms with E-state index in [0.29, 0.717) is 6.04 Å². The fourth-order valence-corrected chi connectivity index (χ4v) is 2.96. The van der Waals surface area contributed by atoms with Gasteiger partial charge in [-0.05, 0) is 25.6 Å². The van der Waals surface area contributed by atoms with Gasteiger partial charge < -0.3 is 10.6 Å². The first kappa shape index (κ1) is 12.3. The van der Waals surface area contributed by atoms with Crippen LogP contribution in [-0.2, 0) is 0 Å². The molecule has 5 nitrogen and oxygen atoms in total. The lowest BCUT2D eigenvalue weighted by atomic mass is 10.1. The van der Waals surface area contributed by atoms with Crippen molar-refractivity contribution in [2.75, 3.05) is 36.8 Å². The van der Waals surface area contributed by atoms with Crippen LogP contribution in [0, 0.1) is 0 Å². The zero-order valence-electron chi connectivity index (χ0n) is 11.6. The summed E-state index contributed by atoms with van der Waals surface area (Å²) in [7, 11) is 0. The van der Waals surface area contributed by atoms with Crippen LogP contribution < -0.4 is 10.6 Å². The van der Waals surface area contributed by atoms with E-state index in [2.05, 4.69) is 39.9 Å². The average molecular weight is 259 g/mol. The van der Waals surface area contributed by atoms with Gasteiger partial charge in [0.2, 0.25) is 0 Å². The van der Waals surface area contributed by atoms with Crippen molar-refractivity contribution < 1.29 is 0 Å². The van der Waals surface area contributed by atoms with E-state index < -0.39 is 0 Å². The second-order valence-corrected chi connectivity index (χ2v) is 5.29. The van der Waals surface area contributed by atoms with E-state index in [1.165, 1.54) is 0 Å². The maximum atomic E-state index is 6.19. The molecule has 2 aromatic rings. The topological polar surface area (TPSA) is 61.2 Å². The van der Waals surface area contributed by atoms with Crippen molar-refractivity contribution in [2.24, 2.45) is 0 Å². The van der Waals surface area contributed by atoms with E-state index in [-0.39, 0.29) is 0 Å². The Morgan fingerprint density at radius 1 is 1.42 bits per heavy atom. The molecule has 0 spiro atoms. The number of hydrogen-bond acceptors (Lipinski definition) is 4. The highest BCUT2D eigenvalue weighted by Crippen LogP contribution is 2.29. The summed E-state index contributed by atoms with van der Waals surface area (Å²) in [5.41, 5.74) is 9.21. The zero-order chi connectivity index (χ0) is 13.4. The van der Waals surface area contributed by atoms with E-state index in [1.807, 2.05) is 12.3 Å². The van der Waals surface area contributed by atoms with E-state index in [9.17, 15) is 0 Å². The fraction of sp³-hybridized carbons (Fsp3) is 0.500. The highest BCUT2D eigenvalue weighted by molar-refractivity contribution is 5.88. The number of nitrogens with two attached hydrogens (primary N) is 1. The fourth-order valence-electron chi connectivity index (χ4n) is 2.96. The Hall–Kier alpha value is -1.75. The third kappa shape index (κ3) is 2.14. The number of aromatic amines is 1. The lowest BCUT2D eigenvalue weighted by Crippen LogP contribution is -2.51. The van der Waals surface area contributed by atoms with Gasteiger partial charge in [0.25, 0.3) is 0 Å². The Morgan fingerprint density at radius 3 is 3.00 bits per heavy atom. The van der Waals surface area contributed by atoms with Crippen LogP contribution in [-0.4, -0.2) is 47.3 Å². The number of fused-ring (bicyclic) bond motifs is 1. The van der Waals surface area contributed by atoms with Gasteiger partial charge in [-0.2, -0.15) is 5.10 Å². The highest BCUT2D eigenvalue weighted by Gasteiger charge is 2.23. The molecule has 1 aromatic carbocycles. The van der Waals surface area contributed by atoms with Crippen molar-refractivity contribution in [1.82, 2.24) is 15.1 Å². The van der Waals surface area contributed by atoms with Crippen LogP contribution in [0.4, 0.5) is 11.4 Å². The number of likely N-dealkylation sites (N-methyl/N-ethyl adjacent to an activating group) is 1. The molecule has 1 unspecified atom stereocenters. The van der Waals surface area contributed by atoms with Crippen molar-refractivity contribution in [3.63, 3.8) is 0 Å². The lowest BCUT2D eigenvalue weighted by molar-refractivity contribution is 0.199. The number of aromatic nitrogens is 2. The second kappa shape index (κ2) is 4.74. The van der Waals surface area contributed by atoms with E-state index in [4.69, 9.17) is 5.73 Å². The molecule has 1 atom stereocenters. The first-order chi connectivity index (χ1) is 9.19. The molecule has 1 aromatic heterocycles. The minimum absolute atomic E-state index is 0.565. The van der Waals surface area contributed by atoms with Crippen LogP contribution in [0.25, 0.3) is 10.9 Å². The number of nitrogens with one attached hydrogen (secondary N) is 1. The number of anilines is 2. The smallest absolute Gasteiger partial charge is 0.0672 e. The third-order valence-electron chi connectivity index (χ3n) is 4.10. The summed E-state index contributed by atoms with van der Waals surface area (Å²) in [6.07, 6.45) is 1.81. The Bertz CT molecular complexity index is 576. The standard InChI is InChI=1S/C14H21N5/c1-3-18-4-5-19(9-10(18)2)14-7-13-11(6-12(14)15)8-16-17-13/h6-8,10H,3-5,9,15H2,1-2H3,(H,16,17). The van der Waals surface area contributed by atoms with Gasteiger partial charge in [0, 0.05) is 31.1 Å². The maximum absolute atomic E-state index is 6.19. The van der Waals surface area contributed by atoms with Crippen LogP contribution >= 0.6 is 0 Å². The average Bonchev–Trinajstić information content (AvgIpc) is 2.84. The molecule has 0 radical (unpaired) electrons. The minimum Gasteiger partial charge on any atom is -0.397 e. The van der Waals surface area contributed by atoms with Gasteiger partial charge in [0.1, 0.15) is 0 Å². The predicted octanol–water partition coefficient (Wildman–Crippen LogP) is 1.68. The molecule has 2 heterocycles. The number of rotatable bonds is 2. The largest absolute Gasteiger partial charge is 0.397 e. The first-order valence-electron chi connectivity index (χ1n) is 6.90. The Kier molecular flexibility index (Phi) is 3.06. The highest BCUT2D eigenvalue weighted by atomic mass is 15.3. The molecule has 0 amide bonds. The van der Waals surface area contributed by atoms with Crippen molar-refractivity contribution >= 4 is 22.3 Å². The molecule has 5 heteroatoms. The van der Waals surface area contributed by atoms with Crippen LogP contribution in [0.2, 0.25) is 0 Å². The third-order valence-corrected chi connectivity index (χ3v) is 4.10. The molecule has 1 aliphatic rings. The SMILES string of the molecule is CCN1CCN(c2cc3[nH]ncc3cc2N)CC1C. The van der Waals surface area contributed by atoms with Gasteiger partial charge in [-0.1, -0.05) is 6.92 Å². The molecule has 3 N–H and O–H groups in total. The van der Waals surface area contributed by atoms with Crippen LogP contribution in [0.5, 0.6) is 0 Å². The molecule has 19 heavy (non-hydrogen) atoms. The summed E-state index contributed by atoms with van der Waals surface area (Å²) in [6, 6.07) is 4.69. The van der Waals surface area contributed by atoms with Crippen LogP contribution in [0.15, 0.2) is 18.3 Å². The van der Waals surface area contributed by atoms with Crippen LogP contribution in [0.1, 0.15) is 13.8 Å². The van der Waals surface area contributed by atoms with Crippen molar-refractivity contribution in [2.45, 2.75) is 19.9 Å². The summed E-state index contributed by atoms with van der Waals surface area (Å²) >= 11 is 0. The van der Waals surface area contributed by atoms with Gasteiger partial charge in [-0.15, -0.1) is 0 Å². The van der Waals surface area contributed by atoms with Crippen LogP contribution in [0.3, 0.4) is 0 Å². The van der Waals surface area contributed by atoms with Crippen molar-refractivity contribution in [3.8, 4) is 0 Å². The number of hydrogen-bond donors (Lipinski definition) is 2. The van der Waals surface area contributed by atoms with E-state index in [1.54, 1.807) is 0 Å². The van der Waals surface area contributed by atoms with Gasteiger partial charge in [0.05, 0.1) is 23.1 Å². The molecule has 0 aliphatic carbocycles. The van der Waals surface area contributed by atoms with Crippen molar-refractivity contribution in [1.29, 1.82) is 0 Å². The molecule has 0 bridgehead atoms. The summed E-state index contributed by atoms with van der Waals surface area (Å²) in [6.45, 7) is 8.76. The first-order valence-corrected chi connectivity index (χ1v) is 6.90. The number of nitrogens with zero attached hydrogens (tertiary/aromatic N) is 3. The monoisotopic (exact) mass is 259 g/mol. The molecule has 1 aliphatic heterocycles. The molecule has 1 fully saturated rings. The van der Waals surface area contributed by atoms with Gasteiger partial charge >= 0.3 is 0 Å². The van der Waals surface area contributed by atoms with Crippen molar-refractivity contribution in [3.05, 3.63) is 18.3 Å². The second-order valence-electron chi connectivity index (χ2n) is 5.29. The molecule has 0 saturated carbocycles. The Morgan fingerprint density at radius 2 is 2.26 bits per heavy atom. The van der Waals surface area contributed by atoms with E-state index in [0.717, 1.165) is 48.5 Å². The Balaban J connectivity index is 1.89. The molecule has 3 rings (SSSR count). The molecular weight excluding hydrogens is 238 g/mol. The van der Waals surface area contributed by atoms with Gasteiger partial charge in [-0.25, -0.2) is 0 Å². The number of nitrogen functional groups attached to an aromatic ring is 1. The van der Waals surface area contributed by atoms with Gasteiger partial charge in [-0.3, -0.25) is 10.00 Å². The zero-order valence-corrected chi connectivity index (χ0v) is 11.6. The number of piperazine rings is 1. The molecule has 1 saturated heterocycles.